The first kappa shape index (κ1) is 15.8. The van der Waals surface area contributed by atoms with Gasteiger partial charge in [-0.2, -0.15) is 0 Å². The molecule has 2 aromatic carbocycles. The first-order chi connectivity index (χ1) is 10.7. The second-order valence-electron chi connectivity index (χ2n) is 4.73. The number of methoxy groups -OCH3 is 1. The maximum atomic E-state index is 12.3. The van der Waals surface area contributed by atoms with Crippen LogP contribution in [0.5, 0.6) is 5.75 Å². The third-order valence-electron chi connectivity index (χ3n) is 3.18. The highest BCUT2D eigenvalue weighted by atomic mass is 16.5. The van der Waals surface area contributed by atoms with Crippen molar-refractivity contribution in [1.29, 1.82) is 0 Å². The van der Waals surface area contributed by atoms with Crippen molar-refractivity contribution in [2.75, 3.05) is 13.7 Å². The van der Waals surface area contributed by atoms with Crippen molar-refractivity contribution in [3.63, 3.8) is 0 Å². The number of carbonyl (C=O) groups excluding carboxylic acids is 2. The molecule has 0 aliphatic rings. The highest BCUT2D eigenvalue weighted by Crippen LogP contribution is 2.29. The normalized spacial score (nSPS) is 10.8. The van der Waals surface area contributed by atoms with Crippen LogP contribution in [0.4, 0.5) is 0 Å². The van der Waals surface area contributed by atoms with Crippen LogP contribution in [0.15, 0.2) is 48.6 Å². The first-order valence-electron chi connectivity index (χ1n) is 7.12. The van der Waals surface area contributed by atoms with Gasteiger partial charge in [-0.25, -0.2) is 4.79 Å². The van der Waals surface area contributed by atoms with Gasteiger partial charge in [0.2, 0.25) is 0 Å². The maximum absolute atomic E-state index is 12.3. The van der Waals surface area contributed by atoms with E-state index in [9.17, 15) is 9.59 Å². The Hall–Kier alpha value is -2.62. The maximum Gasteiger partial charge on any atom is 0.330 e. The van der Waals surface area contributed by atoms with Gasteiger partial charge in [0.25, 0.3) is 0 Å². The largest absolute Gasteiger partial charge is 0.493 e. The summed E-state index contributed by atoms with van der Waals surface area (Å²) in [6, 6.07) is 11.1. The zero-order valence-corrected chi connectivity index (χ0v) is 12.7. The molecule has 0 heterocycles. The van der Waals surface area contributed by atoms with Crippen LogP contribution in [0.3, 0.4) is 0 Å². The van der Waals surface area contributed by atoms with Crippen LogP contribution in [0.1, 0.15) is 23.7 Å². The summed E-state index contributed by atoms with van der Waals surface area (Å²) in [5, 5.41) is 1.68. The van der Waals surface area contributed by atoms with E-state index in [4.69, 9.17) is 4.74 Å². The SMILES string of the molecule is CCCOc1ccc(C(=O)/C=C/C(=O)OC)c2ccccc12. The number of carbonyl (C=O) groups is 2. The van der Waals surface area contributed by atoms with Crippen LogP contribution >= 0.6 is 0 Å². The molecule has 0 spiro atoms. The van der Waals surface area contributed by atoms with Crippen LogP contribution in [0.2, 0.25) is 0 Å². The predicted molar refractivity (Wildman–Crippen MR) is 85.2 cm³/mol. The first-order valence-corrected chi connectivity index (χ1v) is 7.12. The summed E-state index contributed by atoms with van der Waals surface area (Å²) in [4.78, 5) is 23.4. The molecule has 22 heavy (non-hydrogen) atoms. The quantitative estimate of drug-likeness (QED) is 0.465. The van der Waals surface area contributed by atoms with Gasteiger partial charge in [0.1, 0.15) is 5.75 Å². The van der Waals surface area contributed by atoms with Crippen LogP contribution < -0.4 is 4.74 Å². The molecule has 2 rings (SSSR count). The number of ether oxygens (including phenoxy) is 2. The monoisotopic (exact) mass is 298 g/mol. The number of esters is 1. The molecule has 0 amide bonds. The number of hydrogen-bond acceptors (Lipinski definition) is 4. The van der Waals surface area contributed by atoms with Crippen molar-refractivity contribution >= 4 is 22.5 Å². The Morgan fingerprint density at radius 1 is 1.05 bits per heavy atom. The number of allylic oxidation sites excluding steroid dienone is 1. The zero-order chi connectivity index (χ0) is 15.9. The van der Waals surface area contributed by atoms with Crippen LogP contribution in [0, 0.1) is 0 Å². The Bertz CT molecular complexity index is 716. The molecule has 0 saturated carbocycles. The summed E-state index contributed by atoms with van der Waals surface area (Å²) in [6.45, 7) is 2.66. The summed E-state index contributed by atoms with van der Waals surface area (Å²) >= 11 is 0. The lowest BCUT2D eigenvalue weighted by Gasteiger charge is -2.10. The molecule has 0 fully saturated rings. The van der Waals surface area contributed by atoms with Crippen molar-refractivity contribution < 1.29 is 19.1 Å². The molecule has 0 unspecified atom stereocenters. The van der Waals surface area contributed by atoms with E-state index < -0.39 is 5.97 Å². The number of benzene rings is 2. The molecular formula is C18H18O4. The highest BCUT2D eigenvalue weighted by Gasteiger charge is 2.11. The van der Waals surface area contributed by atoms with Crippen molar-refractivity contribution in [1.82, 2.24) is 0 Å². The van der Waals surface area contributed by atoms with Gasteiger partial charge < -0.3 is 9.47 Å². The second-order valence-corrected chi connectivity index (χ2v) is 4.73. The van der Waals surface area contributed by atoms with E-state index in [1.54, 1.807) is 12.1 Å². The molecule has 2 aromatic rings. The molecule has 0 N–H and O–H groups in total. The van der Waals surface area contributed by atoms with E-state index >= 15 is 0 Å². The van der Waals surface area contributed by atoms with E-state index in [1.165, 1.54) is 13.2 Å². The summed E-state index contributed by atoms with van der Waals surface area (Å²) in [5.74, 6) is -0.0462. The fourth-order valence-corrected chi connectivity index (χ4v) is 2.13. The number of rotatable bonds is 6. The molecule has 0 aliphatic carbocycles. The minimum Gasteiger partial charge on any atom is -0.493 e. The fraction of sp³-hybridized carbons (Fsp3) is 0.222. The molecule has 114 valence electrons. The average Bonchev–Trinajstić information content (AvgIpc) is 2.57. The van der Waals surface area contributed by atoms with E-state index in [1.807, 2.05) is 31.2 Å². The lowest BCUT2D eigenvalue weighted by molar-refractivity contribution is -0.134. The predicted octanol–water partition coefficient (Wildman–Crippen LogP) is 3.54. The summed E-state index contributed by atoms with van der Waals surface area (Å²) in [5.41, 5.74) is 0.527. The van der Waals surface area contributed by atoms with Crippen molar-refractivity contribution in [2.24, 2.45) is 0 Å². The number of fused-ring (bicyclic) bond motifs is 1. The molecular weight excluding hydrogens is 280 g/mol. The Morgan fingerprint density at radius 2 is 1.77 bits per heavy atom. The van der Waals surface area contributed by atoms with Crippen molar-refractivity contribution in [2.45, 2.75) is 13.3 Å². The molecule has 0 saturated heterocycles. The standard InChI is InChI=1S/C18H18O4/c1-3-12-22-17-10-8-14(13-6-4-5-7-15(13)17)16(19)9-11-18(20)21-2/h4-11H,3,12H2,1-2H3/b11-9+. The van der Waals surface area contributed by atoms with Gasteiger partial charge in [-0.1, -0.05) is 31.2 Å². The van der Waals surface area contributed by atoms with Gasteiger partial charge in [0.15, 0.2) is 5.78 Å². The second kappa shape index (κ2) is 7.41. The Kier molecular flexibility index (Phi) is 5.31. The lowest BCUT2D eigenvalue weighted by Crippen LogP contribution is -2.01. The molecule has 0 aliphatic heterocycles. The minimum absolute atomic E-state index is 0.247. The topological polar surface area (TPSA) is 52.6 Å². The molecule has 4 nitrogen and oxygen atoms in total. The highest BCUT2D eigenvalue weighted by molar-refractivity contribution is 6.15. The van der Waals surface area contributed by atoms with Gasteiger partial charge in [-0.05, 0) is 30.0 Å². The van der Waals surface area contributed by atoms with Gasteiger partial charge >= 0.3 is 5.97 Å². The van der Waals surface area contributed by atoms with Crippen LogP contribution in [0.25, 0.3) is 10.8 Å². The van der Waals surface area contributed by atoms with E-state index in [2.05, 4.69) is 4.74 Å². The lowest BCUT2D eigenvalue weighted by atomic mass is 10.0. The zero-order valence-electron chi connectivity index (χ0n) is 12.7. The summed E-state index contributed by atoms with van der Waals surface area (Å²) < 4.78 is 10.2. The number of ketones is 1. The molecule has 4 heteroatoms. The fourth-order valence-electron chi connectivity index (χ4n) is 2.13. The van der Waals surface area contributed by atoms with Crippen LogP contribution in [-0.4, -0.2) is 25.5 Å². The summed E-state index contributed by atoms with van der Waals surface area (Å²) in [7, 11) is 1.27. The van der Waals surface area contributed by atoms with Gasteiger partial charge in [0.05, 0.1) is 13.7 Å². The number of hydrogen-bond donors (Lipinski definition) is 0. The molecule has 0 atom stereocenters. The van der Waals surface area contributed by atoms with Crippen molar-refractivity contribution in [3.8, 4) is 5.75 Å². The van der Waals surface area contributed by atoms with Gasteiger partial charge in [0, 0.05) is 17.0 Å². The van der Waals surface area contributed by atoms with Crippen LogP contribution in [-0.2, 0) is 9.53 Å². The Balaban J connectivity index is 2.41. The summed E-state index contributed by atoms with van der Waals surface area (Å²) in [6.07, 6.45) is 3.26. The van der Waals surface area contributed by atoms with Gasteiger partial charge in [-0.15, -0.1) is 0 Å². The molecule has 0 bridgehead atoms. The van der Waals surface area contributed by atoms with E-state index in [0.717, 1.165) is 29.0 Å². The smallest absolute Gasteiger partial charge is 0.330 e. The Labute approximate surface area is 129 Å². The molecule has 0 aromatic heterocycles. The Morgan fingerprint density at radius 3 is 2.45 bits per heavy atom. The van der Waals surface area contributed by atoms with Crippen molar-refractivity contribution in [3.05, 3.63) is 54.1 Å². The third kappa shape index (κ3) is 3.52. The minimum atomic E-state index is -0.555. The van der Waals surface area contributed by atoms with E-state index in [0.29, 0.717) is 12.2 Å². The van der Waals surface area contributed by atoms with Gasteiger partial charge in [-0.3, -0.25) is 4.79 Å². The molecule has 0 radical (unpaired) electrons. The third-order valence-corrected chi connectivity index (χ3v) is 3.18. The van der Waals surface area contributed by atoms with E-state index in [-0.39, 0.29) is 5.78 Å². The average molecular weight is 298 g/mol.